The Balaban J connectivity index is 2.34. The number of rotatable bonds is 2. The molecule has 0 saturated carbocycles. The summed E-state index contributed by atoms with van der Waals surface area (Å²) >= 11 is 0. The Kier molecular flexibility index (Phi) is 2.87. The van der Waals surface area contributed by atoms with Crippen LogP contribution in [0.3, 0.4) is 0 Å². The van der Waals surface area contributed by atoms with Gasteiger partial charge in [0.1, 0.15) is 11.9 Å². The van der Waals surface area contributed by atoms with E-state index in [0.717, 1.165) is 24.4 Å². The van der Waals surface area contributed by atoms with Gasteiger partial charge in [-0.05, 0) is 25.4 Å². The van der Waals surface area contributed by atoms with E-state index >= 15 is 0 Å². The molecule has 0 radical (unpaired) electrons. The molecule has 1 unspecified atom stereocenters. The molecular formula is C11H16BNO2. The predicted molar refractivity (Wildman–Crippen MR) is 62.3 cm³/mol. The number of ether oxygens (including phenoxy) is 1. The Morgan fingerprint density at radius 2 is 2.27 bits per heavy atom. The smallest absolute Gasteiger partial charge is 0.409 e. The number of nitrogens with zero attached hydrogens (tertiary/aromatic N) is 1. The molecule has 4 heteroatoms. The van der Waals surface area contributed by atoms with Crippen molar-refractivity contribution in [2.45, 2.75) is 26.3 Å². The third-order valence-corrected chi connectivity index (χ3v) is 2.78. The Hall–Kier alpha value is -1.16. The van der Waals surface area contributed by atoms with Crippen molar-refractivity contribution in [3.05, 3.63) is 24.3 Å². The number of hydrogen-bond donors (Lipinski definition) is 1. The topological polar surface area (TPSA) is 32.7 Å². The van der Waals surface area contributed by atoms with E-state index < -0.39 is 7.05 Å². The molecule has 1 aliphatic heterocycles. The molecule has 0 aromatic heterocycles. The van der Waals surface area contributed by atoms with Crippen LogP contribution in [0.5, 0.6) is 5.75 Å². The van der Waals surface area contributed by atoms with Crippen LogP contribution in [-0.4, -0.2) is 24.7 Å². The second-order valence-electron chi connectivity index (χ2n) is 3.90. The molecule has 15 heavy (non-hydrogen) atoms. The minimum absolute atomic E-state index is 0.175. The lowest BCUT2D eigenvalue weighted by molar-refractivity contribution is 0.194. The normalized spacial score (nSPS) is 19.4. The van der Waals surface area contributed by atoms with Gasteiger partial charge in [0.25, 0.3) is 0 Å². The molecule has 0 bridgehead atoms. The summed E-state index contributed by atoms with van der Waals surface area (Å²) in [6.45, 7) is 4.64. The van der Waals surface area contributed by atoms with Crippen LogP contribution in [0.25, 0.3) is 0 Å². The van der Waals surface area contributed by atoms with Gasteiger partial charge >= 0.3 is 7.05 Å². The first-order valence-electron chi connectivity index (χ1n) is 5.42. The maximum Gasteiger partial charge on any atom is 0.409 e. The number of fused-ring (bicyclic) bond motifs is 1. The zero-order valence-corrected chi connectivity index (χ0v) is 9.18. The molecule has 2 rings (SSSR count). The number of benzene rings is 1. The number of hydrogen-bond acceptors (Lipinski definition) is 3. The van der Waals surface area contributed by atoms with E-state index in [4.69, 9.17) is 4.74 Å². The second-order valence-corrected chi connectivity index (χ2v) is 3.90. The summed E-state index contributed by atoms with van der Waals surface area (Å²) in [5.41, 5.74) is 0.984. The van der Waals surface area contributed by atoms with Gasteiger partial charge in [0, 0.05) is 6.54 Å². The highest BCUT2D eigenvalue weighted by Crippen LogP contribution is 2.33. The molecule has 0 fully saturated rings. The maximum absolute atomic E-state index is 9.71. The van der Waals surface area contributed by atoms with Gasteiger partial charge in [-0.3, -0.25) is 0 Å². The van der Waals surface area contributed by atoms with Crippen LogP contribution in [0.2, 0.25) is 6.82 Å². The van der Waals surface area contributed by atoms with Gasteiger partial charge in [-0.1, -0.05) is 19.1 Å². The SMILES string of the molecule is CCC1CN(B(C)O)c2ccccc2O1. The van der Waals surface area contributed by atoms with Gasteiger partial charge in [0.05, 0.1) is 5.69 Å². The molecular weight excluding hydrogens is 189 g/mol. The molecule has 1 heterocycles. The Bertz CT molecular complexity index is 343. The first-order chi connectivity index (χ1) is 7.22. The summed E-state index contributed by atoms with van der Waals surface area (Å²) in [7, 11) is -0.468. The molecule has 1 N–H and O–H groups in total. The molecule has 0 amide bonds. The van der Waals surface area contributed by atoms with Crippen molar-refractivity contribution in [1.82, 2.24) is 0 Å². The van der Waals surface area contributed by atoms with Crippen LogP contribution in [0.1, 0.15) is 13.3 Å². The lowest BCUT2D eigenvalue weighted by Crippen LogP contribution is -2.47. The fourth-order valence-electron chi connectivity index (χ4n) is 1.89. The van der Waals surface area contributed by atoms with Crippen molar-refractivity contribution in [3.8, 4) is 5.75 Å². The van der Waals surface area contributed by atoms with Crippen molar-refractivity contribution < 1.29 is 9.76 Å². The van der Waals surface area contributed by atoms with E-state index in [-0.39, 0.29) is 6.10 Å². The standard InChI is InChI=1S/C11H16BNO2/c1-3-9-8-13(12(2)14)10-6-4-5-7-11(10)15-9/h4-7,9,14H,3,8H2,1-2H3. The fraction of sp³-hybridized carbons (Fsp3) is 0.455. The van der Waals surface area contributed by atoms with E-state index in [1.807, 2.05) is 29.1 Å². The van der Waals surface area contributed by atoms with Crippen LogP contribution >= 0.6 is 0 Å². The highest BCUT2D eigenvalue weighted by atomic mass is 16.5. The summed E-state index contributed by atoms with van der Waals surface area (Å²) in [4.78, 5) is 1.98. The lowest BCUT2D eigenvalue weighted by atomic mass is 9.83. The minimum atomic E-state index is -0.468. The molecule has 1 atom stereocenters. The van der Waals surface area contributed by atoms with Gasteiger partial charge in [-0.25, -0.2) is 0 Å². The van der Waals surface area contributed by atoms with Crippen molar-refractivity contribution in [3.63, 3.8) is 0 Å². The van der Waals surface area contributed by atoms with E-state index in [2.05, 4.69) is 6.92 Å². The summed E-state index contributed by atoms with van der Waals surface area (Å²) in [5.74, 6) is 0.872. The largest absolute Gasteiger partial charge is 0.487 e. The van der Waals surface area contributed by atoms with Crippen LogP contribution in [0.4, 0.5) is 5.69 Å². The zero-order chi connectivity index (χ0) is 10.8. The molecule has 3 nitrogen and oxygen atoms in total. The van der Waals surface area contributed by atoms with Gasteiger partial charge in [0.15, 0.2) is 0 Å². The molecule has 0 saturated heterocycles. The number of para-hydroxylation sites is 2. The Labute approximate surface area is 90.8 Å². The van der Waals surface area contributed by atoms with Gasteiger partial charge in [-0.2, -0.15) is 0 Å². The van der Waals surface area contributed by atoms with Crippen LogP contribution in [-0.2, 0) is 0 Å². The van der Waals surface area contributed by atoms with Crippen molar-refractivity contribution in [2.75, 3.05) is 11.4 Å². The lowest BCUT2D eigenvalue weighted by Gasteiger charge is -2.36. The maximum atomic E-state index is 9.71. The highest BCUT2D eigenvalue weighted by molar-refractivity contribution is 6.54. The molecule has 1 aromatic carbocycles. The molecule has 1 aliphatic rings. The molecule has 1 aromatic rings. The van der Waals surface area contributed by atoms with Gasteiger partial charge in [-0.15, -0.1) is 0 Å². The second kappa shape index (κ2) is 4.15. The van der Waals surface area contributed by atoms with Crippen LogP contribution < -0.4 is 9.55 Å². The summed E-state index contributed by atoms with van der Waals surface area (Å²) in [6, 6.07) is 7.85. The van der Waals surface area contributed by atoms with E-state index in [9.17, 15) is 5.02 Å². The molecule has 0 spiro atoms. The summed E-state index contributed by atoms with van der Waals surface area (Å²) in [6.07, 6.45) is 1.13. The first-order valence-corrected chi connectivity index (χ1v) is 5.42. The van der Waals surface area contributed by atoms with Gasteiger partial charge < -0.3 is 14.6 Å². The van der Waals surface area contributed by atoms with Crippen molar-refractivity contribution in [2.24, 2.45) is 0 Å². The third-order valence-electron chi connectivity index (χ3n) is 2.78. The average molecular weight is 205 g/mol. The van der Waals surface area contributed by atoms with Crippen LogP contribution in [0.15, 0.2) is 24.3 Å². The monoisotopic (exact) mass is 205 g/mol. The molecule has 80 valence electrons. The first kappa shape index (κ1) is 10.4. The quantitative estimate of drug-likeness (QED) is 0.747. The van der Waals surface area contributed by atoms with E-state index in [1.165, 1.54) is 0 Å². The summed E-state index contributed by atoms with van der Waals surface area (Å²) in [5, 5.41) is 9.71. The molecule has 0 aliphatic carbocycles. The van der Waals surface area contributed by atoms with Crippen molar-refractivity contribution in [1.29, 1.82) is 0 Å². The van der Waals surface area contributed by atoms with Crippen LogP contribution in [0, 0.1) is 0 Å². The Morgan fingerprint density at radius 3 is 2.93 bits per heavy atom. The van der Waals surface area contributed by atoms with Crippen molar-refractivity contribution >= 4 is 12.7 Å². The summed E-state index contributed by atoms with van der Waals surface area (Å²) < 4.78 is 5.81. The zero-order valence-electron chi connectivity index (χ0n) is 9.18. The highest BCUT2D eigenvalue weighted by Gasteiger charge is 2.28. The predicted octanol–water partition coefficient (Wildman–Crippen LogP) is 1.77. The minimum Gasteiger partial charge on any atom is -0.487 e. The fourth-order valence-corrected chi connectivity index (χ4v) is 1.89. The van der Waals surface area contributed by atoms with Gasteiger partial charge in [0.2, 0.25) is 0 Å². The number of anilines is 1. The van der Waals surface area contributed by atoms with E-state index in [1.54, 1.807) is 6.82 Å². The third kappa shape index (κ3) is 1.95. The average Bonchev–Trinajstić information content (AvgIpc) is 2.27. The van der Waals surface area contributed by atoms with E-state index in [0.29, 0.717) is 0 Å². The Morgan fingerprint density at radius 1 is 1.53 bits per heavy atom.